The third kappa shape index (κ3) is 4.35. The number of rotatable bonds is 4. The Labute approximate surface area is 165 Å². The summed E-state index contributed by atoms with van der Waals surface area (Å²) < 4.78 is 0. The Kier molecular flexibility index (Phi) is 4.83. The number of nitrogens with zero attached hydrogens (tertiary/aromatic N) is 2. The first-order valence-electron chi connectivity index (χ1n) is 11.0. The summed E-state index contributed by atoms with van der Waals surface area (Å²) in [5, 5.41) is 11.9. The fourth-order valence-electron chi connectivity index (χ4n) is 6.24. The summed E-state index contributed by atoms with van der Waals surface area (Å²) in [7, 11) is 0. The SMILES string of the molecule is CC1(C)CC(C)(C)CC(O)(c2ccccc2N2CCN(CC3CC3)CC2)C1. The van der Waals surface area contributed by atoms with Gasteiger partial charge >= 0.3 is 0 Å². The van der Waals surface area contributed by atoms with Gasteiger partial charge in [-0.25, -0.2) is 0 Å². The molecule has 1 aromatic rings. The van der Waals surface area contributed by atoms with Gasteiger partial charge in [-0.1, -0.05) is 45.9 Å². The predicted molar refractivity (Wildman–Crippen MR) is 113 cm³/mol. The fourth-order valence-corrected chi connectivity index (χ4v) is 6.24. The lowest BCUT2D eigenvalue weighted by Crippen LogP contribution is -2.49. The number of aliphatic hydroxyl groups is 1. The first-order chi connectivity index (χ1) is 12.7. The number of para-hydroxylation sites is 1. The standard InChI is InChI=1S/C24H38N2O/c1-22(2)16-23(3,4)18-24(27,17-22)20-7-5-6-8-21(20)26-13-11-25(12-14-26)15-19-9-10-19/h5-8,19,27H,9-18H2,1-4H3. The van der Waals surface area contributed by atoms with Gasteiger partial charge in [-0.15, -0.1) is 0 Å². The van der Waals surface area contributed by atoms with Crippen molar-refractivity contribution in [3.8, 4) is 0 Å². The molecule has 3 aliphatic rings. The zero-order chi connectivity index (χ0) is 19.3. The first-order valence-corrected chi connectivity index (χ1v) is 11.0. The lowest BCUT2D eigenvalue weighted by atomic mass is 9.58. The lowest BCUT2D eigenvalue weighted by Gasteiger charge is -2.51. The lowest BCUT2D eigenvalue weighted by molar-refractivity contribution is -0.0909. The van der Waals surface area contributed by atoms with E-state index in [0.29, 0.717) is 0 Å². The number of hydrogen-bond acceptors (Lipinski definition) is 3. The Hall–Kier alpha value is -1.06. The molecule has 0 bridgehead atoms. The van der Waals surface area contributed by atoms with Gasteiger partial charge in [-0.2, -0.15) is 0 Å². The van der Waals surface area contributed by atoms with E-state index in [1.165, 1.54) is 31.5 Å². The minimum atomic E-state index is -0.729. The third-order valence-corrected chi connectivity index (χ3v) is 6.83. The fraction of sp³-hybridized carbons (Fsp3) is 0.750. The van der Waals surface area contributed by atoms with Crippen LogP contribution in [0.4, 0.5) is 5.69 Å². The van der Waals surface area contributed by atoms with Crippen molar-refractivity contribution in [1.29, 1.82) is 0 Å². The van der Waals surface area contributed by atoms with Gasteiger partial charge in [0.2, 0.25) is 0 Å². The molecule has 1 N–H and O–H groups in total. The van der Waals surface area contributed by atoms with Crippen molar-refractivity contribution in [2.45, 2.75) is 65.4 Å². The van der Waals surface area contributed by atoms with E-state index in [1.807, 2.05) is 0 Å². The molecule has 27 heavy (non-hydrogen) atoms. The molecular weight excluding hydrogens is 332 g/mol. The molecule has 0 atom stereocenters. The molecule has 3 fully saturated rings. The van der Waals surface area contributed by atoms with Crippen molar-refractivity contribution in [3.63, 3.8) is 0 Å². The molecule has 1 heterocycles. The normalized spacial score (nSPS) is 27.5. The number of hydrogen-bond donors (Lipinski definition) is 1. The molecule has 150 valence electrons. The molecule has 0 amide bonds. The highest BCUT2D eigenvalue weighted by molar-refractivity contribution is 5.57. The predicted octanol–water partition coefficient (Wildman–Crippen LogP) is 4.64. The van der Waals surface area contributed by atoms with Gasteiger partial charge in [0.1, 0.15) is 0 Å². The van der Waals surface area contributed by atoms with Gasteiger partial charge in [0.05, 0.1) is 5.60 Å². The molecule has 0 unspecified atom stereocenters. The van der Waals surface area contributed by atoms with Crippen LogP contribution in [0.5, 0.6) is 0 Å². The van der Waals surface area contributed by atoms with Crippen LogP contribution in [0.1, 0.15) is 65.4 Å². The Morgan fingerprint density at radius 2 is 1.48 bits per heavy atom. The van der Waals surface area contributed by atoms with Gasteiger partial charge < -0.3 is 10.0 Å². The largest absolute Gasteiger partial charge is 0.385 e. The maximum atomic E-state index is 11.9. The summed E-state index contributed by atoms with van der Waals surface area (Å²) >= 11 is 0. The monoisotopic (exact) mass is 370 g/mol. The van der Waals surface area contributed by atoms with Crippen LogP contribution < -0.4 is 4.90 Å². The molecule has 3 heteroatoms. The molecule has 4 rings (SSSR count). The molecule has 2 aliphatic carbocycles. The highest BCUT2D eigenvalue weighted by atomic mass is 16.3. The Morgan fingerprint density at radius 3 is 2.07 bits per heavy atom. The van der Waals surface area contributed by atoms with Crippen LogP contribution in [-0.4, -0.2) is 42.7 Å². The third-order valence-electron chi connectivity index (χ3n) is 6.83. The molecule has 2 saturated carbocycles. The average Bonchev–Trinajstić information content (AvgIpc) is 3.36. The van der Waals surface area contributed by atoms with Gasteiger partial charge in [0, 0.05) is 44.0 Å². The summed E-state index contributed by atoms with van der Waals surface area (Å²) in [6.07, 6.45) is 5.73. The summed E-state index contributed by atoms with van der Waals surface area (Å²) in [4.78, 5) is 5.16. The van der Waals surface area contributed by atoms with Crippen molar-refractivity contribution < 1.29 is 5.11 Å². The molecule has 1 aliphatic heterocycles. The highest BCUT2D eigenvalue weighted by Crippen LogP contribution is 2.55. The van der Waals surface area contributed by atoms with Crippen LogP contribution in [-0.2, 0) is 5.60 Å². The van der Waals surface area contributed by atoms with Gasteiger partial charge in [-0.3, -0.25) is 4.90 Å². The zero-order valence-electron chi connectivity index (χ0n) is 17.8. The minimum absolute atomic E-state index is 0.159. The molecule has 0 spiro atoms. The van der Waals surface area contributed by atoms with E-state index in [0.717, 1.165) is 50.5 Å². The molecule has 0 radical (unpaired) electrons. The quantitative estimate of drug-likeness (QED) is 0.836. The summed E-state index contributed by atoms with van der Waals surface area (Å²) in [5.41, 5.74) is 2.01. The van der Waals surface area contributed by atoms with E-state index in [1.54, 1.807) is 0 Å². The van der Waals surface area contributed by atoms with Crippen molar-refractivity contribution in [3.05, 3.63) is 29.8 Å². The summed E-state index contributed by atoms with van der Waals surface area (Å²) in [5.74, 6) is 0.969. The number of benzene rings is 1. The minimum Gasteiger partial charge on any atom is -0.385 e. The maximum Gasteiger partial charge on any atom is 0.0926 e. The van der Waals surface area contributed by atoms with Crippen LogP contribution in [0, 0.1) is 16.7 Å². The topological polar surface area (TPSA) is 26.7 Å². The van der Waals surface area contributed by atoms with Crippen LogP contribution in [0.3, 0.4) is 0 Å². The molecule has 1 saturated heterocycles. The summed E-state index contributed by atoms with van der Waals surface area (Å²) in [6.45, 7) is 15.0. The first kappa shape index (κ1) is 19.3. The van der Waals surface area contributed by atoms with E-state index in [-0.39, 0.29) is 10.8 Å². The second kappa shape index (κ2) is 6.77. The van der Waals surface area contributed by atoms with Gasteiger partial charge in [0.15, 0.2) is 0 Å². The Bertz CT molecular complexity index is 653. The van der Waals surface area contributed by atoms with E-state index >= 15 is 0 Å². The van der Waals surface area contributed by atoms with Crippen LogP contribution in [0.25, 0.3) is 0 Å². The van der Waals surface area contributed by atoms with Crippen molar-refractivity contribution in [2.24, 2.45) is 16.7 Å². The van der Waals surface area contributed by atoms with Crippen LogP contribution in [0.15, 0.2) is 24.3 Å². The number of anilines is 1. The Morgan fingerprint density at radius 1 is 0.889 bits per heavy atom. The Balaban J connectivity index is 1.56. The summed E-state index contributed by atoms with van der Waals surface area (Å²) in [6, 6.07) is 8.66. The van der Waals surface area contributed by atoms with Gasteiger partial charge in [-0.05, 0) is 54.9 Å². The van der Waals surface area contributed by atoms with E-state index in [4.69, 9.17) is 0 Å². The number of piperazine rings is 1. The van der Waals surface area contributed by atoms with Crippen molar-refractivity contribution in [1.82, 2.24) is 4.90 Å². The van der Waals surface area contributed by atoms with E-state index in [9.17, 15) is 5.11 Å². The van der Waals surface area contributed by atoms with E-state index in [2.05, 4.69) is 61.8 Å². The average molecular weight is 371 g/mol. The van der Waals surface area contributed by atoms with Crippen LogP contribution in [0.2, 0.25) is 0 Å². The second-order valence-electron chi connectivity index (χ2n) is 11.1. The molecule has 0 aromatic heterocycles. The highest BCUT2D eigenvalue weighted by Gasteiger charge is 2.48. The zero-order valence-corrected chi connectivity index (χ0v) is 17.8. The second-order valence-corrected chi connectivity index (χ2v) is 11.1. The molecular formula is C24H38N2O. The smallest absolute Gasteiger partial charge is 0.0926 e. The van der Waals surface area contributed by atoms with Crippen molar-refractivity contribution >= 4 is 5.69 Å². The van der Waals surface area contributed by atoms with Crippen molar-refractivity contribution in [2.75, 3.05) is 37.6 Å². The molecule has 1 aromatic carbocycles. The van der Waals surface area contributed by atoms with E-state index < -0.39 is 5.60 Å². The van der Waals surface area contributed by atoms with Crippen LogP contribution >= 0.6 is 0 Å². The molecule has 3 nitrogen and oxygen atoms in total. The maximum absolute atomic E-state index is 11.9. The van der Waals surface area contributed by atoms with Gasteiger partial charge in [0.25, 0.3) is 0 Å².